The number of likely N-dealkylation sites (N-methyl/N-ethyl adjacent to an activating group) is 1. The summed E-state index contributed by atoms with van der Waals surface area (Å²) in [5.74, 6) is -0.540. The Balaban J connectivity index is 1.77. The Kier molecular flexibility index (Phi) is 6.17. The van der Waals surface area contributed by atoms with E-state index in [1.165, 1.54) is 4.90 Å². The number of aromatic nitrogens is 1. The molecule has 2 heterocycles. The van der Waals surface area contributed by atoms with Gasteiger partial charge in [-0.25, -0.2) is 4.90 Å². The molecule has 0 atom stereocenters. The smallest absolute Gasteiger partial charge is 0.282 e. The van der Waals surface area contributed by atoms with Crippen molar-refractivity contribution in [3.05, 3.63) is 101 Å². The van der Waals surface area contributed by atoms with Crippen molar-refractivity contribution in [1.29, 1.82) is 0 Å². The Labute approximate surface area is 189 Å². The average Bonchev–Trinajstić information content (AvgIpc) is 3.06. The number of carbonyl (C=O) groups is 2. The van der Waals surface area contributed by atoms with Gasteiger partial charge in [0.1, 0.15) is 5.70 Å². The summed E-state index contributed by atoms with van der Waals surface area (Å²) in [6.45, 7) is 7.19. The number of anilines is 1. The van der Waals surface area contributed by atoms with Crippen LogP contribution >= 0.6 is 0 Å². The highest BCUT2D eigenvalue weighted by Crippen LogP contribution is 2.36. The zero-order valence-corrected chi connectivity index (χ0v) is 18.7. The van der Waals surface area contributed by atoms with Gasteiger partial charge in [0.2, 0.25) is 0 Å². The number of imide groups is 1. The Bertz CT molecular complexity index is 1170. The van der Waals surface area contributed by atoms with Crippen LogP contribution in [0.4, 0.5) is 5.69 Å². The van der Waals surface area contributed by atoms with Crippen LogP contribution in [-0.2, 0) is 16.0 Å². The van der Waals surface area contributed by atoms with E-state index in [0.29, 0.717) is 30.0 Å². The number of carbonyl (C=O) groups excluding carboxylic acids is 2. The molecule has 2 amide bonds. The van der Waals surface area contributed by atoms with Crippen molar-refractivity contribution >= 4 is 23.1 Å². The lowest BCUT2D eigenvalue weighted by Crippen LogP contribution is -2.36. The van der Waals surface area contributed by atoms with Gasteiger partial charge in [0.25, 0.3) is 11.8 Å². The third kappa shape index (κ3) is 4.06. The molecule has 0 spiro atoms. The molecule has 0 unspecified atom stereocenters. The van der Waals surface area contributed by atoms with Gasteiger partial charge in [-0.1, -0.05) is 48.0 Å². The number of rotatable bonds is 7. The zero-order valence-electron chi connectivity index (χ0n) is 18.7. The molecule has 5 nitrogen and oxygen atoms in total. The normalized spacial score (nSPS) is 13.8. The van der Waals surface area contributed by atoms with E-state index in [1.54, 1.807) is 12.4 Å². The number of pyridine rings is 1. The van der Waals surface area contributed by atoms with Crippen molar-refractivity contribution in [2.24, 2.45) is 0 Å². The average molecular weight is 426 g/mol. The van der Waals surface area contributed by atoms with E-state index >= 15 is 0 Å². The molecule has 32 heavy (non-hydrogen) atoms. The van der Waals surface area contributed by atoms with Gasteiger partial charge in [-0.15, -0.1) is 0 Å². The quantitative estimate of drug-likeness (QED) is 0.521. The molecular formula is C27H27N3O2. The molecule has 0 bridgehead atoms. The molecule has 0 saturated heterocycles. The van der Waals surface area contributed by atoms with E-state index < -0.39 is 0 Å². The summed E-state index contributed by atoms with van der Waals surface area (Å²) in [4.78, 5) is 34.8. The van der Waals surface area contributed by atoms with Crippen LogP contribution in [0.2, 0.25) is 0 Å². The molecule has 0 saturated carbocycles. The predicted molar refractivity (Wildman–Crippen MR) is 127 cm³/mol. The maximum Gasteiger partial charge on any atom is 0.282 e. The van der Waals surface area contributed by atoms with Crippen LogP contribution in [0, 0.1) is 13.8 Å². The molecule has 1 aliphatic heterocycles. The Hall–Kier alpha value is -3.73. The number of nitrogens with zero attached hydrogens (tertiary/aromatic N) is 3. The second kappa shape index (κ2) is 9.18. The van der Waals surface area contributed by atoms with Crippen molar-refractivity contribution in [1.82, 2.24) is 9.88 Å². The minimum absolute atomic E-state index is 0.267. The number of benzene rings is 2. The first-order chi connectivity index (χ1) is 15.5. The zero-order chi connectivity index (χ0) is 22.7. The highest BCUT2D eigenvalue weighted by molar-refractivity contribution is 6.45. The largest absolute Gasteiger partial charge is 0.366 e. The highest BCUT2D eigenvalue weighted by atomic mass is 16.2. The van der Waals surface area contributed by atoms with E-state index in [0.717, 1.165) is 28.7 Å². The molecule has 0 fully saturated rings. The van der Waals surface area contributed by atoms with Crippen molar-refractivity contribution in [3.8, 4) is 0 Å². The van der Waals surface area contributed by atoms with Gasteiger partial charge in [0.05, 0.1) is 11.3 Å². The lowest BCUT2D eigenvalue weighted by Gasteiger charge is -2.25. The van der Waals surface area contributed by atoms with Crippen molar-refractivity contribution in [2.75, 3.05) is 18.0 Å². The maximum atomic E-state index is 13.7. The first-order valence-corrected chi connectivity index (χ1v) is 10.9. The van der Waals surface area contributed by atoms with E-state index in [4.69, 9.17) is 0 Å². The van der Waals surface area contributed by atoms with E-state index in [9.17, 15) is 9.59 Å². The van der Waals surface area contributed by atoms with Gasteiger partial charge >= 0.3 is 0 Å². The lowest BCUT2D eigenvalue weighted by molar-refractivity contribution is -0.120. The van der Waals surface area contributed by atoms with Crippen LogP contribution in [-0.4, -0.2) is 34.8 Å². The summed E-state index contributed by atoms with van der Waals surface area (Å²) in [6, 6.07) is 19.3. The molecule has 2 aromatic carbocycles. The van der Waals surface area contributed by atoms with Crippen LogP contribution in [0.5, 0.6) is 0 Å². The molecule has 3 aromatic rings. The van der Waals surface area contributed by atoms with E-state index in [-0.39, 0.29) is 11.8 Å². The summed E-state index contributed by atoms with van der Waals surface area (Å²) >= 11 is 0. The van der Waals surface area contributed by atoms with Crippen molar-refractivity contribution in [2.45, 2.75) is 27.2 Å². The summed E-state index contributed by atoms with van der Waals surface area (Å²) in [5.41, 5.74) is 5.47. The van der Waals surface area contributed by atoms with Gasteiger partial charge in [0.15, 0.2) is 0 Å². The van der Waals surface area contributed by atoms with Crippen molar-refractivity contribution in [3.63, 3.8) is 0 Å². The number of aryl methyl sites for hydroxylation is 2. The number of hydrogen-bond donors (Lipinski definition) is 0. The second-order valence-electron chi connectivity index (χ2n) is 8.01. The van der Waals surface area contributed by atoms with Gasteiger partial charge in [-0.3, -0.25) is 14.6 Å². The third-order valence-electron chi connectivity index (χ3n) is 5.87. The van der Waals surface area contributed by atoms with Crippen molar-refractivity contribution < 1.29 is 9.59 Å². The molecule has 4 rings (SSSR count). The molecule has 5 heteroatoms. The van der Waals surface area contributed by atoms with E-state index in [1.807, 2.05) is 86.3 Å². The molecule has 162 valence electrons. The van der Waals surface area contributed by atoms with Crippen LogP contribution in [0.1, 0.15) is 29.2 Å². The SMILES string of the molecule is CCN(CCc1ccncc1)C1=C(c2ccc(C)cc2)C(=O)N(c2ccccc2C)C1=O. The first-order valence-electron chi connectivity index (χ1n) is 10.9. The predicted octanol–water partition coefficient (Wildman–Crippen LogP) is 4.55. The Morgan fingerprint density at radius 3 is 2.22 bits per heavy atom. The summed E-state index contributed by atoms with van der Waals surface area (Å²) < 4.78 is 0. The Morgan fingerprint density at radius 1 is 0.875 bits per heavy atom. The molecule has 0 radical (unpaired) electrons. The standard InChI is InChI=1S/C27H27N3O2/c1-4-29(18-15-21-13-16-28-17-14-21)25-24(22-11-9-19(2)10-12-22)26(31)30(27(25)32)23-8-6-5-7-20(23)3/h5-14,16-17H,4,15,18H2,1-3H3. The fourth-order valence-corrected chi connectivity index (χ4v) is 4.07. The summed E-state index contributed by atoms with van der Waals surface area (Å²) in [7, 11) is 0. The molecule has 1 aliphatic rings. The van der Waals surface area contributed by atoms with Crippen LogP contribution in [0.15, 0.2) is 78.8 Å². The van der Waals surface area contributed by atoms with Crippen LogP contribution < -0.4 is 4.90 Å². The summed E-state index contributed by atoms with van der Waals surface area (Å²) in [6.07, 6.45) is 4.30. The third-order valence-corrected chi connectivity index (χ3v) is 5.87. The monoisotopic (exact) mass is 425 g/mol. The fourth-order valence-electron chi connectivity index (χ4n) is 4.07. The van der Waals surface area contributed by atoms with Crippen LogP contribution in [0.3, 0.4) is 0 Å². The minimum atomic E-state index is -0.273. The number of para-hydroxylation sites is 1. The molecule has 1 aromatic heterocycles. The lowest BCUT2D eigenvalue weighted by atomic mass is 10.0. The topological polar surface area (TPSA) is 53.5 Å². The van der Waals surface area contributed by atoms with Gasteiger partial charge in [-0.05, 0) is 62.1 Å². The Morgan fingerprint density at radius 2 is 1.56 bits per heavy atom. The van der Waals surface area contributed by atoms with Gasteiger partial charge in [0, 0.05) is 25.5 Å². The van der Waals surface area contributed by atoms with Gasteiger partial charge < -0.3 is 4.90 Å². The fraction of sp³-hybridized carbons (Fsp3) is 0.222. The minimum Gasteiger partial charge on any atom is -0.366 e. The van der Waals surface area contributed by atoms with E-state index in [2.05, 4.69) is 4.98 Å². The maximum absolute atomic E-state index is 13.7. The molecule has 0 N–H and O–H groups in total. The van der Waals surface area contributed by atoms with Gasteiger partial charge in [-0.2, -0.15) is 0 Å². The molecular weight excluding hydrogens is 398 g/mol. The summed E-state index contributed by atoms with van der Waals surface area (Å²) in [5, 5.41) is 0. The second-order valence-corrected chi connectivity index (χ2v) is 8.01. The van der Waals surface area contributed by atoms with Crippen LogP contribution in [0.25, 0.3) is 5.57 Å². The highest BCUT2D eigenvalue weighted by Gasteiger charge is 2.42. The number of hydrogen-bond acceptors (Lipinski definition) is 4. The molecule has 0 aliphatic carbocycles. The first kappa shape index (κ1) is 21.5. The number of amides is 2.